The highest BCUT2D eigenvalue weighted by atomic mass is 32.2. The fraction of sp³-hybridized carbons (Fsp3) is 0.804. The minimum atomic E-state index is -4.78. The molecule has 5 N–H and O–H groups in total. The zero-order chi connectivity index (χ0) is 80.3. The van der Waals surface area contributed by atoms with Gasteiger partial charge >= 0.3 is 48.1 Å². The summed E-state index contributed by atoms with van der Waals surface area (Å²) in [6, 6.07) is -0.0287. The van der Waals surface area contributed by atoms with Gasteiger partial charge in [0.15, 0.2) is 18.3 Å². The lowest BCUT2D eigenvalue weighted by Gasteiger charge is -2.25. The van der Waals surface area contributed by atoms with Crippen molar-refractivity contribution < 1.29 is 188 Å². The molecule has 0 saturated heterocycles. The summed E-state index contributed by atoms with van der Waals surface area (Å²) < 4.78 is 162. The molecule has 0 aliphatic carbocycles. The average Bonchev–Trinajstić information content (AvgIpc) is 0.956. The van der Waals surface area contributed by atoms with Gasteiger partial charge in [-0.3, -0.25) is 56.8 Å². The van der Waals surface area contributed by atoms with Crippen molar-refractivity contribution in [3.63, 3.8) is 0 Å². The summed E-state index contributed by atoms with van der Waals surface area (Å²) in [6.45, 7) is 12.5. The van der Waals surface area contributed by atoms with Crippen molar-refractivity contribution in [3.05, 3.63) is 0 Å². The van der Waals surface area contributed by atoms with Crippen LogP contribution in [0.1, 0.15) is 83.1 Å². The highest BCUT2D eigenvalue weighted by molar-refractivity contribution is 7.90. The Hall–Kier alpha value is -6.23. The number of carbonyl (C=O) groups excluding carboxylic acids is 11. The van der Waals surface area contributed by atoms with Gasteiger partial charge < -0.3 is 134 Å². The Bertz CT molecular complexity index is 2670. The lowest BCUT2D eigenvalue weighted by molar-refractivity contribution is -0.229. The van der Waals surface area contributed by atoms with E-state index in [1.54, 1.807) is 41.5 Å². The Balaban J connectivity index is -0.00000149. The monoisotopic (exact) mass is 1610 g/mol. The summed E-state index contributed by atoms with van der Waals surface area (Å²) in [4.78, 5) is 158. The lowest BCUT2D eigenvalue weighted by Crippen LogP contribution is -2.33. The molecule has 0 bridgehead atoms. The molecule has 614 valence electrons. The lowest BCUT2D eigenvalue weighted by atomic mass is 10.4. The second kappa shape index (κ2) is 61.7. The van der Waals surface area contributed by atoms with E-state index in [0.29, 0.717) is 0 Å². The van der Waals surface area contributed by atoms with Crippen LogP contribution in [0, 0.1) is 0 Å². The van der Waals surface area contributed by atoms with Gasteiger partial charge in [0.2, 0.25) is 27.7 Å². The van der Waals surface area contributed by atoms with Crippen molar-refractivity contribution in [3.8, 4) is 0 Å². The van der Waals surface area contributed by atoms with Gasteiger partial charge in [0.1, 0.15) is 52.9 Å². The average molecular weight is 1610 g/mol. The molecule has 0 radical (unpaired) electrons. The number of ether oxygens (including phenoxy) is 15. The molecule has 49 heteroatoms. The Morgan fingerprint density at radius 2 is 0.657 bits per heavy atom. The highest BCUT2D eigenvalue weighted by Gasteiger charge is 2.23. The van der Waals surface area contributed by atoms with Crippen LogP contribution in [0.4, 0.5) is 9.59 Å². The zero-order valence-electron chi connectivity index (χ0n) is 60.6. The summed E-state index contributed by atoms with van der Waals surface area (Å²) in [7, 11) is -17.7. The summed E-state index contributed by atoms with van der Waals surface area (Å²) >= 11 is 0. The zero-order valence-corrected chi connectivity index (χ0v) is 64.1. The molecule has 0 spiro atoms. The topological polar surface area (TPSA) is 596 Å². The van der Waals surface area contributed by atoms with Crippen molar-refractivity contribution in [1.29, 1.82) is 0 Å². The largest absolute Gasteiger partial charge is 0.756 e. The van der Waals surface area contributed by atoms with Crippen LogP contribution in [0.25, 0.3) is 0 Å². The molecule has 0 rings (SSSR count). The highest BCUT2D eigenvalue weighted by Crippen LogP contribution is 2.39. The second-order valence-corrected chi connectivity index (χ2v) is 27.6. The summed E-state index contributed by atoms with van der Waals surface area (Å²) in [5.41, 5.74) is 0. The van der Waals surface area contributed by atoms with E-state index in [2.05, 4.69) is 67.3 Å². The molecule has 3 unspecified atom stereocenters. The van der Waals surface area contributed by atoms with E-state index in [-0.39, 0.29) is 137 Å². The third-order valence-electron chi connectivity index (χ3n) is 10.3. The third-order valence-corrected chi connectivity index (χ3v) is 15.1. The standard InChI is InChI=1S/C19H35N2O13P.C19H34NO14P.C18H35N2O13PS/c1-14(2)21-19(25)30-10-9-28-7-8-29-13-18(24)20-5-6-32-35(26,27)33-12-17(34-16(4)23)11-31-15(3)22;1-14(2)33-19(24)29-10-9-27-7-8-28-13-18(23)20-5-6-31-35(25,26)32-12-17(34-16(4)22)11-30-15(3)21;1-14(2)35(26,27)20-6-7-28-9-10-29-13-18(23)19-5-8-31-34(24,25)32-12-17(33-16(4)22)11-30-15(3)21/h14,17H,5-13H2,1-4H3,(H,20,24)(H,21,25)(H,26,27);14,17H,5-13H2,1-4H3,(H,20,23)(H,25,26);14,17,20H,5-13H2,1-4H3,(H,19,23)(H,24,25)/p-3/t3*17-/m111/s1. The molecule has 0 aromatic carbocycles. The third kappa shape index (κ3) is 73.1. The Morgan fingerprint density at radius 3 is 0.952 bits per heavy atom. The van der Waals surface area contributed by atoms with Gasteiger partial charge in [-0.05, 0) is 41.5 Å². The molecule has 0 aromatic heterocycles. The summed E-state index contributed by atoms with van der Waals surface area (Å²) in [5, 5.41) is 9.14. The first-order chi connectivity index (χ1) is 49.1. The molecule has 45 nitrogen and oxygen atoms in total. The number of esters is 6. The van der Waals surface area contributed by atoms with E-state index >= 15 is 0 Å². The van der Waals surface area contributed by atoms with Crippen LogP contribution in [-0.4, -0.2) is 288 Å². The van der Waals surface area contributed by atoms with Crippen molar-refractivity contribution in [2.75, 3.05) is 178 Å². The first-order valence-corrected chi connectivity index (χ1v) is 37.7. The number of hydrogen-bond donors (Lipinski definition) is 5. The van der Waals surface area contributed by atoms with Crippen molar-refractivity contribution in [2.24, 2.45) is 0 Å². The smallest absolute Gasteiger partial charge is 0.508 e. The van der Waals surface area contributed by atoms with Gasteiger partial charge in [0.05, 0.1) is 110 Å². The molecule has 0 heterocycles. The number of rotatable bonds is 58. The van der Waals surface area contributed by atoms with E-state index < -0.39 is 176 Å². The first-order valence-electron chi connectivity index (χ1n) is 31.8. The molecule has 105 heavy (non-hydrogen) atoms. The SMILES string of the molecule is CC(=O)OC[C@H](COP(=O)([O-])OCCNC(=O)COCCOCCNS(=O)(=O)C(C)C)OC(C)=O.CC(=O)OC[C@H](COP(=O)([O-])OCCNC(=O)COCCOCCOC(=O)NC(C)C)OC(C)=O.CC(=O)OC[C@H](COP(=O)([O-])OCCNC(=O)COCCOCCOC(=O)OC(C)C)OC(C)=O. The number of amides is 4. The van der Waals surface area contributed by atoms with Crippen molar-refractivity contribution in [2.45, 2.75) is 119 Å². The minimum Gasteiger partial charge on any atom is -0.756 e. The number of alkyl carbamates (subject to hydrolysis) is 1. The normalized spacial score (nSPS) is 13.7. The number of phosphoric ester groups is 3. The number of hydrogen-bond acceptors (Lipinski definition) is 40. The van der Waals surface area contributed by atoms with E-state index in [1.165, 1.54) is 0 Å². The second-order valence-electron chi connectivity index (χ2n) is 21.1. The number of phosphoric acid groups is 3. The van der Waals surface area contributed by atoms with Crippen LogP contribution in [-0.2, 0) is 165 Å². The molecule has 0 aromatic rings. The maximum absolute atomic E-state index is 11.8. The summed E-state index contributed by atoms with van der Waals surface area (Å²) in [6.07, 6.45) is -5.03. The number of nitrogens with one attached hydrogen (secondary N) is 5. The minimum absolute atomic E-state index is 0.00985. The van der Waals surface area contributed by atoms with E-state index in [1.807, 2.05) is 0 Å². The van der Waals surface area contributed by atoms with Gasteiger partial charge in [-0.2, -0.15) is 0 Å². The molecule has 4 amide bonds. The quantitative estimate of drug-likeness (QED) is 0.0181. The van der Waals surface area contributed by atoms with Crippen LogP contribution >= 0.6 is 23.5 Å². The van der Waals surface area contributed by atoms with Crippen LogP contribution in [0.5, 0.6) is 0 Å². The number of carbonyl (C=O) groups is 11. The fourth-order valence-corrected chi connectivity index (χ4v) is 8.89. The first kappa shape index (κ1) is 103. The Labute approximate surface area is 608 Å². The molecular formula is C56H101N5O40P3S-3. The van der Waals surface area contributed by atoms with Crippen LogP contribution in [0.15, 0.2) is 0 Å². The molecule has 0 aliphatic rings. The van der Waals surface area contributed by atoms with E-state index in [4.69, 9.17) is 56.8 Å². The number of sulfonamides is 1. The predicted molar refractivity (Wildman–Crippen MR) is 348 cm³/mol. The van der Waals surface area contributed by atoms with Crippen molar-refractivity contribution in [1.82, 2.24) is 26.0 Å². The van der Waals surface area contributed by atoms with Crippen LogP contribution in [0.3, 0.4) is 0 Å². The Morgan fingerprint density at radius 1 is 0.352 bits per heavy atom. The molecule has 0 fully saturated rings. The summed E-state index contributed by atoms with van der Waals surface area (Å²) in [5.74, 6) is -5.67. The van der Waals surface area contributed by atoms with Gasteiger partial charge in [-0.15, -0.1) is 0 Å². The van der Waals surface area contributed by atoms with Crippen molar-refractivity contribution >= 4 is 99.3 Å². The molecular weight excluding hydrogens is 1510 g/mol. The maximum atomic E-state index is 11.8. The van der Waals surface area contributed by atoms with Gasteiger partial charge in [0.25, 0.3) is 23.5 Å². The van der Waals surface area contributed by atoms with Crippen LogP contribution in [0.2, 0.25) is 0 Å². The maximum Gasteiger partial charge on any atom is 0.508 e. The van der Waals surface area contributed by atoms with E-state index in [9.17, 15) is 89.5 Å². The van der Waals surface area contributed by atoms with Gasteiger partial charge in [-0.25, -0.2) is 22.7 Å². The fourth-order valence-electron chi connectivity index (χ4n) is 5.97. The van der Waals surface area contributed by atoms with Gasteiger partial charge in [-0.1, -0.05) is 0 Å². The molecule has 0 saturated carbocycles. The van der Waals surface area contributed by atoms with E-state index in [0.717, 1.165) is 41.5 Å². The molecule has 6 atom stereocenters. The molecule has 0 aliphatic heterocycles. The van der Waals surface area contributed by atoms with Crippen LogP contribution < -0.4 is 40.7 Å². The Kier molecular flexibility index (Phi) is 60.5. The predicted octanol–water partition coefficient (Wildman–Crippen LogP) is -2.58. The van der Waals surface area contributed by atoms with Gasteiger partial charge in [0, 0.05) is 73.8 Å².